The molecule has 499 valence electrons. The molecular weight excluding hydrogens is 1260 g/mol. The maximum atomic E-state index is 6.46. The Hall–Kier alpha value is -7.32. The van der Waals surface area contributed by atoms with E-state index in [4.69, 9.17) is 135 Å². The van der Waals surface area contributed by atoms with E-state index in [9.17, 15) is 0 Å². The summed E-state index contributed by atoms with van der Waals surface area (Å²) in [6.45, 7) is 10.2. The van der Waals surface area contributed by atoms with E-state index in [1.54, 1.807) is 0 Å². The third-order valence-corrected chi connectivity index (χ3v) is 14.8. The van der Waals surface area contributed by atoms with Crippen LogP contribution < -0.4 is 47.9 Å². The van der Waals surface area contributed by atoms with Gasteiger partial charge in [-0.3, -0.25) is 0 Å². The summed E-state index contributed by atoms with van der Waals surface area (Å²) in [5.74, 6) is 4.25. The molecule has 0 N–H and O–H groups in total. The second-order valence-corrected chi connectivity index (χ2v) is 21.0. The Morgan fingerprint density at radius 3 is 0.516 bits per heavy atom. The number of rotatable bonds is 0. The van der Waals surface area contributed by atoms with E-state index >= 15 is 0 Å². The van der Waals surface area contributed by atoms with Crippen LogP contribution in [0.2, 0.25) is 0 Å². The van der Waals surface area contributed by atoms with E-state index in [0.29, 0.717) is 196 Å². The maximum Gasteiger partial charge on any atom is 2.00 e. The van der Waals surface area contributed by atoms with Crippen molar-refractivity contribution in [3.8, 4) is 91.5 Å². The fourth-order valence-electron chi connectivity index (χ4n) is 10.4. The van der Waals surface area contributed by atoms with Crippen molar-refractivity contribution in [2.75, 3.05) is 211 Å². The number of aromatic nitrogens is 8. The molecule has 13 rings (SSSR count). The van der Waals surface area contributed by atoms with Crippen LogP contribution in [0.3, 0.4) is 0 Å². The van der Waals surface area contributed by atoms with Gasteiger partial charge in [0.1, 0.15) is 52.9 Å². The number of benzene rings is 4. The van der Waals surface area contributed by atoms with Gasteiger partial charge in [0.25, 0.3) is 0 Å². The molecule has 0 unspecified atom stereocenters. The van der Waals surface area contributed by atoms with Crippen molar-refractivity contribution >= 4 is 44.1 Å². The molecule has 1 radical (unpaired) electrons. The molecule has 0 spiro atoms. The standard InChI is InChI=1S/C64H72N8O20.Cu/c1-9-77-17-25-85-49-33-41-42(34-50(49)86-26-18-78-10-2-73-1)58-65-57(41)69-59-43-35-51-52(88-28-20-80-12-4-74-3-11-79-19-27-87-51)36-44(43)61(66-59)71-63-47-39-55-56(92-32-24-84-16-8-76-7-15-83-23-31-91-55)40-48(47)64(68-63)72-62-46-38-54-53(37-45(46)60(67-62)70-58)89-29-21-81-13-5-75-6-14-82-22-30-90-54;/h33-40H,1-32H2;/q-2;+2. The first-order valence-electron chi connectivity index (χ1n) is 31.1. The molecule has 29 heteroatoms. The van der Waals surface area contributed by atoms with E-state index in [1.807, 2.05) is 48.5 Å². The van der Waals surface area contributed by atoms with Gasteiger partial charge in [-0.05, 0) is 70.1 Å². The number of hydrogen-bond acceptors (Lipinski definition) is 26. The van der Waals surface area contributed by atoms with E-state index < -0.39 is 0 Å². The van der Waals surface area contributed by atoms with Gasteiger partial charge in [0, 0.05) is 44.8 Å². The average molecular weight is 1340 g/mol. The maximum absolute atomic E-state index is 6.46. The molecule has 7 aromatic rings. The normalized spacial score (nSPS) is 18.8. The molecule has 6 aliphatic rings. The summed E-state index contributed by atoms with van der Waals surface area (Å²) in [5, 5.41) is 2.21. The van der Waals surface area contributed by atoms with Crippen LogP contribution in [0.25, 0.3) is 89.7 Å². The Balaban J connectivity index is 0.00000832. The second-order valence-electron chi connectivity index (χ2n) is 21.0. The van der Waals surface area contributed by atoms with E-state index in [1.165, 1.54) is 0 Å². The van der Waals surface area contributed by atoms with E-state index in [-0.39, 0.29) is 169 Å². The van der Waals surface area contributed by atoms with Crippen LogP contribution in [-0.2, 0) is 73.9 Å². The van der Waals surface area contributed by atoms with Gasteiger partial charge in [0.15, 0.2) is 46.0 Å². The predicted molar refractivity (Wildman–Crippen MR) is 328 cm³/mol. The topological polar surface area (TPSA) is 290 Å². The zero-order valence-corrected chi connectivity index (χ0v) is 52.2. The Morgan fingerprint density at radius 2 is 0.344 bits per heavy atom. The summed E-state index contributed by atoms with van der Waals surface area (Å²) in [4.78, 5) is 42.2. The summed E-state index contributed by atoms with van der Waals surface area (Å²) in [6.07, 6.45) is 0. The van der Waals surface area contributed by atoms with Crippen molar-refractivity contribution in [2.24, 2.45) is 0 Å². The second kappa shape index (κ2) is 33.7. The molecule has 9 heterocycles. The third-order valence-electron chi connectivity index (χ3n) is 14.8. The van der Waals surface area contributed by atoms with Crippen LogP contribution in [0.15, 0.2) is 48.5 Å². The van der Waals surface area contributed by atoms with Crippen LogP contribution in [0.4, 0.5) is 0 Å². The van der Waals surface area contributed by atoms with Crippen molar-refractivity contribution in [1.82, 2.24) is 39.9 Å². The van der Waals surface area contributed by atoms with E-state index in [2.05, 4.69) is 0 Å². The summed E-state index contributed by atoms with van der Waals surface area (Å²) >= 11 is 0. The molecule has 0 fully saturated rings. The van der Waals surface area contributed by atoms with Gasteiger partial charge >= 0.3 is 17.1 Å². The van der Waals surface area contributed by atoms with Gasteiger partial charge in [0.05, 0.1) is 182 Å². The molecule has 0 amide bonds. The first-order valence-corrected chi connectivity index (χ1v) is 31.1. The summed E-state index contributed by atoms with van der Waals surface area (Å²) < 4.78 is 121. The van der Waals surface area contributed by atoms with Crippen LogP contribution in [0, 0.1) is 0 Å². The minimum atomic E-state index is 0. The summed E-state index contributed by atoms with van der Waals surface area (Å²) in [5.41, 5.74) is 3.18. The minimum absolute atomic E-state index is 0. The zero-order valence-electron chi connectivity index (χ0n) is 51.3. The van der Waals surface area contributed by atoms with Gasteiger partial charge < -0.3 is 125 Å². The van der Waals surface area contributed by atoms with Crippen LogP contribution in [0.5, 0.6) is 46.0 Å². The minimum Gasteiger partial charge on any atom is -0.487 e. The Morgan fingerprint density at radius 1 is 0.194 bits per heavy atom. The molecule has 8 bridgehead atoms. The first kappa shape index (κ1) is 65.7. The number of nitrogens with zero attached hydrogens (tertiary/aromatic N) is 8. The number of fused-ring (bicyclic) bond motifs is 24. The predicted octanol–water partition coefficient (Wildman–Crippen LogP) is 5.41. The van der Waals surface area contributed by atoms with Crippen molar-refractivity contribution in [3.05, 3.63) is 48.5 Å². The molecule has 4 aromatic carbocycles. The van der Waals surface area contributed by atoms with Gasteiger partial charge in [-0.2, -0.15) is 0 Å². The van der Waals surface area contributed by atoms with Gasteiger partial charge in [-0.15, -0.1) is 0 Å². The van der Waals surface area contributed by atoms with Crippen LogP contribution in [0.1, 0.15) is 0 Å². The Labute approximate surface area is 545 Å². The van der Waals surface area contributed by atoms with Crippen molar-refractivity contribution in [1.29, 1.82) is 0 Å². The van der Waals surface area contributed by atoms with Crippen LogP contribution in [-0.4, -0.2) is 241 Å². The Bertz CT molecular complexity index is 3330. The summed E-state index contributed by atoms with van der Waals surface area (Å²) in [6, 6.07) is 14.7. The fraction of sp³-hybridized carbons (Fsp3) is 0.500. The molecular formula is C64H72CuN8O20. The zero-order chi connectivity index (χ0) is 61.9. The van der Waals surface area contributed by atoms with E-state index in [0.717, 1.165) is 0 Å². The quantitative estimate of drug-likeness (QED) is 0.171. The summed E-state index contributed by atoms with van der Waals surface area (Å²) in [7, 11) is 0. The SMILES string of the molecule is [Cu+2].c1c2c(cc3c1-c1nc-3nc3[n-]c(nc4nc(nc5[n-]c(n1)c1cc6c(cc51)OCCOCCOCCOCCO6)-c1cc5c(cc1-4)OCCOCCOCCOCCO5)c1cc4c(cc31)OCCOCCOCCOCCO4)OCCOCCOCCOCCO2. The monoisotopic (exact) mass is 1340 g/mol. The molecule has 28 nitrogen and oxygen atoms in total. The third kappa shape index (κ3) is 17.0. The molecule has 3 aromatic heterocycles. The Kier molecular flexibility index (Phi) is 23.8. The smallest absolute Gasteiger partial charge is 0.487 e. The molecule has 0 saturated carbocycles. The molecule has 0 aliphatic carbocycles. The molecule has 6 aliphatic heterocycles. The van der Waals surface area contributed by atoms with Gasteiger partial charge in [-0.25, -0.2) is 9.97 Å². The number of ether oxygens (including phenoxy) is 20. The van der Waals surface area contributed by atoms with Crippen molar-refractivity contribution in [2.45, 2.75) is 0 Å². The largest absolute Gasteiger partial charge is 2.00 e. The molecule has 0 saturated heterocycles. The number of hydrogen-bond donors (Lipinski definition) is 0. The van der Waals surface area contributed by atoms with Gasteiger partial charge in [-0.1, -0.05) is 0 Å². The first-order chi connectivity index (χ1) is 45.7. The molecule has 93 heavy (non-hydrogen) atoms. The van der Waals surface area contributed by atoms with Gasteiger partial charge in [0.2, 0.25) is 0 Å². The fourth-order valence-corrected chi connectivity index (χ4v) is 10.4. The average Bonchev–Trinajstić information content (AvgIpc) is 1.60. The van der Waals surface area contributed by atoms with Crippen molar-refractivity contribution in [3.63, 3.8) is 0 Å². The van der Waals surface area contributed by atoms with Crippen LogP contribution >= 0.6 is 0 Å². The molecule has 0 atom stereocenters. The van der Waals surface area contributed by atoms with Crippen molar-refractivity contribution < 1.29 is 112 Å².